The van der Waals surface area contributed by atoms with Gasteiger partial charge in [0.15, 0.2) is 0 Å². The number of hydrogen-bond acceptors (Lipinski definition) is 3. The van der Waals surface area contributed by atoms with Gasteiger partial charge in [-0.1, -0.05) is 26.3 Å². The number of nitrogens with zero attached hydrogens (tertiary/aromatic N) is 4. The van der Waals surface area contributed by atoms with Crippen LogP contribution in [0.4, 0.5) is 4.79 Å². The molecular formula is C16H23N5O. The second-order valence-corrected chi connectivity index (χ2v) is 5.55. The standard InChI is InChI=1S/C16H23N5O/c1-4-13(2)11-20(3)16(22)19-10-14-5-6-15(18-9-14)21-8-7-17-12-21/h5-9,12-13H,4,10-11H2,1-3H3,(H,19,22). The van der Waals surface area contributed by atoms with Gasteiger partial charge in [-0.05, 0) is 17.5 Å². The molecule has 2 aromatic heterocycles. The molecule has 2 rings (SSSR count). The molecule has 2 aromatic rings. The smallest absolute Gasteiger partial charge is 0.317 e. The van der Waals surface area contributed by atoms with Gasteiger partial charge >= 0.3 is 6.03 Å². The Morgan fingerprint density at radius 1 is 1.45 bits per heavy atom. The Labute approximate surface area is 131 Å². The number of aromatic nitrogens is 3. The average Bonchev–Trinajstić information content (AvgIpc) is 3.07. The van der Waals surface area contributed by atoms with E-state index in [0.717, 1.165) is 24.3 Å². The van der Waals surface area contributed by atoms with Crippen LogP contribution in [0.15, 0.2) is 37.1 Å². The van der Waals surface area contributed by atoms with Crippen molar-refractivity contribution in [3.8, 4) is 5.82 Å². The minimum atomic E-state index is -0.0565. The van der Waals surface area contributed by atoms with Crippen molar-refractivity contribution < 1.29 is 4.79 Å². The Balaban J connectivity index is 1.85. The molecule has 0 radical (unpaired) electrons. The summed E-state index contributed by atoms with van der Waals surface area (Å²) >= 11 is 0. The number of amides is 2. The summed E-state index contributed by atoms with van der Waals surface area (Å²) in [7, 11) is 1.82. The van der Waals surface area contributed by atoms with Crippen molar-refractivity contribution in [1.82, 2.24) is 24.8 Å². The van der Waals surface area contributed by atoms with E-state index in [1.54, 1.807) is 23.6 Å². The van der Waals surface area contributed by atoms with Gasteiger partial charge in [-0.25, -0.2) is 14.8 Å². The van der Waals surface area contributed by atoms with E-state index < -0.39 is 0 Å². The zero-order valence-electron chi connectivity index (χ0n) is 13.4. The van der Waals surface area contributed by atoms with Gasteiger partial charge in [-0.2, -0.15) is 0 Å². The number of nitrogens with one attached hydrogen (secondary N) is 1. The quantitative estimate of drug-likeness (QED) is 0.891. The molecular weight excluding hydrogens is 278 g/mol. The molecule has 0 aliphatic carbocycles. The van der Waals surface area contributed by atoms with Crippen molar-refractivity contribution in [1.29, 1.82) is 0 Å². The molecule has 2 heterocycles. The van der Waals surface area contributed by atoms with Crippen LogP contribution < -0.4 is 5.32 Å². The Bertz CT molecular complexity index is 579. The van der Waals surface area contributed by atoms with Crippen LogP contribution in [0.1, 0.15) is 25.8 Å². The molecule has 0 spiro atoms. The fourth-order valence-electron chi connectivity index (χ4n) is 2.06. The van der Waals surface area contributed by atoms with Crippen LogP contribution in [0.5, 0.6) is 0 Å². The van der Waals surface area contributed by atoms with Gasteiger partial charge in [0.2, 0.25) is 0 Å². The number of pyridine rings is 1. The summed E-state index contributed by atoms with van der Waals surface area (Å²) in [6.45, 7) is 5.51. The molecule has 0 fully saturated rings. The van der Waals surface area contributed by atoms with Crippen molar-refractivity contribution in [2.75, 3.05) is 13.6 Å². The van der Waals surface area contributed by atoms with Gasteiger partial charge in [-0.3, -0.25) is 4.57 Å². The Morgan fingerprint density at radius 3 is 2.86 bits per heavy atom. The first-order valence-corrected chi connectivity index (χ1v) is 7.52. The molecule has 2 amide bonds. The van der Waals surface area contributed by atoms with Gasteiger partial charge < -0.3 is 10.2 Å². The lowest BCUT2D eigenvalue weighted by molar-refractivity contribution is 0.201. The van der Waals surface area contributed by atoms with Crippen LogP contribution in [0, 0.1) is 5.92 Å². The second-order valence-electron chi connectivity index (χ2n) is 5.55. The van der Waals surface area contributed by atoms with Crippen molar-refractivity contribution >= 4 is 6.03 Å². The lowest BCUT2D eigenvalue weighted by Crippen LogP contribution is -2.39. The van der Waals surface area contributed by atoms with Crippen LogP contribution in [0.3, 0.4) is 0 Å². The van der Waals surface area contributed by atoms with Gasteiger partial charge in [0, 0.05) is 38.7 Å². The van der Waals surface area contributed by atoms with Crippen LogP contribution >= 0.6 is 0 Å². The minimum absolute atomic E-state index is 0.0565. The fraction of sp³-hybridized carbons (Fsp3) is 0.438. The molecule has 22 heavy (non-hydrogen) atoms. The molecule has 1 N–H and O–H groups in total. The second kappa shape index (κ2) is 7.59. The van der Waals surface area contributed by atoms with Crippen LogP contribution in [-0.2, 0) is 6.54 Å². The summed E-state index contributed by atoms with van der Waals surface area (Å²) < 4.78 is 1.84. The van der Waals surface area contributed by atoms with E-state index in [1.165, 1.54) is 0 Å². The predicted molar refractivity (Wildman–Crippen MR) is 85.7 cm³/mol. The Kier molecular flexibility index (Phi) is 5.52. The molecule has 0 aliphatic rings. The maximum Gasteiger partial charge on any atom is 0.317 e. The van der Waals surface area contributed by atoms with Crippen molar-refractivity contribution in [3.63, 3.8) is 0 Å². The van der Waals surface area contributed by atoms with Crippen molar-refractivity contribution in [3.05, 3.63) is 42.6 Å². The first-order valence-electron chi connectivity index (χ1n) is 7.52. The third-order valence-electron chi connectivity index (χ3n) is 3.65. The van der Waals surface area contributed by atoms with Crippen LogP contribution in [-0.4, -0.2) is 39.1 Å². The molecule has 6 nitrogen and oxygen atoms in total. The van der Waals surface area contributed by atoms with Gasteiger partial charge in [-0.15, -0.1) is 0 Å². The Morgan fingerprint density at radius 2 is 2.27 bits per heavy atom. The molecule has 1 atom stereocenters. The molecule has 0 aliphatic heterocycles. The molecule has 118 valence electrons. The van der Waals surface area contributed by atoms with E-state index in [-0.39, 0.29) is 6.03 Å². The summed E-state index contributed by atoms with van der Waals surface area (Å²) in [6, 6.07) is 3.81. The molecule has 0 saturated carbocycles. The SMILES string of the molecule is CCC(C)CN(C)C(=O)NCc1ccc(-n2ccnc2)nc1. The van der Waals surface area contributed by atoms with E-state index in [2.05, 4.69) is 29.1 Å². The number of carbonyl (C=O) groups excluding carboxylic acids is 1. The zero-order chi connectivity index (χ0) is 15.9. The van der Waals surface area contributed by atoms with Gasteiger partial charge in [0.25, 0.3) is 0 Å². The number of imidazole rings is 1. The highest BCUT2D eigenvalue weighted by Gasteiger charge is 2.10. The van der Waals surface area contributed by atoms with E-state index in [0.29, 0.717) is 12.5 Å². The highest BCUT2D eigenvalue weighted by molar-refractivity contribution is 5.73. The topological polar surface area (TPSA) is 63.1 Å². The number of carbonyl (C=O) groups is 1. The zero-order valence-corrected chi connectivity index (χ0v) is 13.4. The van der Waals surface area contributed by atoms with Crippen molar-refractivity contribution in [2.24, 2.45) is 5.92 Å². The van der Waals surface area contributed by atoms with E-state index >= 15 is 0 Å². The normalized spacial score (nSPS) is 12.0. The Hall–Kier alpha value is -2.37. The van der Waals surface area contributed by atoms with Crippen molar-refractivity contribution in [2.45, 2.75) is 26.8 Å². The third kappa shape index (κ3) is 4.31. The summed E-state index contributed by atoms with van der Waals surface area (Å²) in [5.41, 5.74) is 0.967. The first kappa shape index (κ1) is 16.0. The molecule has 0 bridgehead atoms. The molecule has 1 unspecified atom stereocenters. The highest BCUT2D eigenvalue weighted by atomic mass is 16.2. The maximum absolute atomic E-state index is 12.0. The van der Waals surface area contributed by atoms with Crippen LogP contribution in [0.25, 0.3) is 5.82 Å². The van der Waals surface area contributed by atoms with E-state index in [1.807, 2.05) is 29.9 Å². The summed E-state index contributed by atoms with van der Waals surface area (Å²) in [5, 5.41) is 2.91. The fourth-order valence-corrected chi connectivity index (χ4v) is 2.06. The molecule has 0 saturated heterocycles. The first-order chi connectivity index (χ1) is 10.6. The molecule has 6 heteroatoms. The highest BCUT2D eigenvalue weighted by Crippen LogP contribution is 2.06. The summed E-state index contributed by atoms with van der Waals surface area (Å²) in [6.07, 6.45) is 8.09. The lowest BCUT2D eigenvalue weighted by atomic mass is 10.1. The van der Waals surface area contributed by atoms with E-state index in [4.69, 9.17) is 0 Å². The molecule has 0 aromatic carbocycles. The predicted octanol–water partition coefficient (Wildman–Crippen LogP) is 2.45. The van der Waals surface area contributed by atoms with Gasteiger partial charge in [0.05, 0.1) is 0 Å². The average molecular weight is 301 g/mol. The van der Waals surface area contributed by atoms with E-state index in [9.17, 15) is 4.79 Å². The summed E-state index contributed by atoms with van der Waals surface area (Å²) in [5.74, 6) is 1.31. The number of urea groups is 1. The lowest BCUT2D eigenvalue weighted by Gasteiger charge is -2.21. The minimum Gasteiger partial charge on any atom is -0.334 e. The summed E-state index contributed by atoms with van der Waals surface area (Å²) in [4.78, 5) is 22.1. The largest absolute Gasteiger partial charge is 0.334 e. The third-order valence-corrected chi connectivity index (χ3v) is 3.65. The maximum atomic E-state index is 12.0. The van der Waals surface area contributed by atoms with Gasteiger partial charge in [0.1, 0.15) is 12.1 Å². The monoisotopic (exact) mass is 301 g/mol. The van der Waals surface area contributed by atoms with Crippen LogP contribution in [0.2, 0.25) is 0 Å². The number of rotatable bonds is 6. The number of hydrogen-bond donors (Lipinski definition) is 1.